The summed E-state index contributed by atoms with van der Waals surface area (Å²) in [6.45, 7) is 8.95. The highest BCUT2D eigenvalue weighted by molar-refractivity contribution is 7.92. The van der Waals surface area contributed by atoms with Crippen LogP contribution in [0.1, 0.15) is 43.0 Å². The van der Waals surface area contributed by atoms with Gasteiger partial charge in [-0.05, 0) is 93.3 Å². The Morgan fingerprint density at radius 1 is 0.804 bits per heavy atom. The summed E-state index contributed by atoms with van der Waals surface area (Å²) in [6.07, 6.45) is 0.230. The number of amides is 2. The molecule has 0 spiro atoms. The lowest BCUT2D eigenvalue weighted by molar-refractivity contribution is -0.140. The van der Waals surface area contributed by atoms with Gasteiger partial charge >= 0.3 is 0 Å². The van der Waals surface area contributed by atoms with E-state index in [0.29, 0.717) is 11.4 Å². The van der Waals surface area contributed by atoms with Crippen molar-refractivity contribution in [3.63, 3.8) is 0 Å². The second-order valence-electron chi connectivity index (χ2n) is 12.5. The Morgan fingerprint density at radius 3 is 1.98 bits per heavy atom. The van der Waals surface area contributed by atoms with Gasteiger partial charge in [0.1, 0.15) is 18.3 Å². The molecule has 4 aromatic carbocycles. The van der Waals surface area contributed by atoms with Gasteiger partial charge in [-0.1, -0.05) is 66.7 Å². The number of ether oxygens (including phenoxy) is 1. The lowest BCUT2D eigenvalue weighted by Crippen LogP contribution is -2.56. The highest BCUT2D eigenvalue weighted by Crippen LogP contribution is 2.27. The van der Waals surface area contributed by atoms with Crippen molar-refractivity contribution in [2.24, 2.45) is 0 Å². The van der Waals surface area contributed by atoms with Crippen LogP contribution in [0.2, 0.25) is 0 Å². The van der Waals surface area contributed by atoms with Crippen LogP contribution < -0.4 is 14.4 Å². The molecule has 9 heteroatoms. The minimum atomic E-state index is -4.17. The van der Waals surface area contributed by atoms with Crippen LogP contribution in [0, 0.1) is 13.8 Å². The molecule has 4 aromatic rings. The van der Waals surface area contributed by atoms with E-state index in [0.717, 1.165) is 26.6 Å². The molecule has 0 radical (unpaired) electrons. The second kappa shape index (κ2) is 14.6. The van der Waals surface area contributed by atoms with Crippen LogP contribution in [-0.4, -0.2) is 50.4 Å². The Balaban J connectivity index is 1.84. The van der Waals surface area contributed by atoms with E-state index in [-0.39, 0.29) is 23.8 Å². The Morgan fingerprint density at radius 2 is 1.39 bits per heavy atom. The van der Waals surface area contributed by atoms with Gasteiger partial charge in [0.05, 0.1) is 17.7 Å². The highest BCUT2D eigenvalue weighted by atomic mass is 32.2. The van der Waals surface area contributed by atoms with Crippen LogP contribution in [0.3, 0.4) is 0 Å². The molecule has 4 rings (SSSR count). The third kappa shape index (κ3) is 8.97. The summed E-state index contributed by atoms with van der Waals surface area (Å²) in [5.74, 6) is -0.255. The third-order valence-electron chi connectivity index (χ3n) is 7.36. The van der Waals surface area contributed by atoms with Crippen molar-refractivity contribution in [2.75, 3.05) is 18.0 Å². The lowest BCUT2D eigenvalue weighted by atomic mass is 10.0. The number of sulfonamides is 1. The number of aryl methyl sites for hydroxylation is 2. The third-order valence-corrected chi connectivity index (χ3v) is 9.15. The fourth-order valence-electron chi connectivity index (χ4n) is 5.32. The zero-order valence-electron chi connectivity index (χ0n) is 27.4. The zero-order valence-corrected chi connectivity index (χ0v) is 28.2. The Labute approximate surface area is 273 Å². The average molecular weight is 642 g/mol. The first-order valence-corrected chi connectivity index (χ1v) is 16.7. The average Bonchev–Trinajstić information content (AvgIpc) is 3.01. The minimum absolute atomic E-state index is 0.0527. The summed E-state index contributed by atoms with van der Waals surface area (Å²) in [6, 6.07) is 29.3. The number of carbonyl (C=O) groups excluding carboxylic acids is 2. The maximum atomic E-state index is 14.6. The number of rotatable bonds is 12. The SMILES string of the molecule is COc1cccc(CN(C(=O)CN(c2cc(C)cc(C)c2)S(=O)(=O)c2ccccc2)[C@H](Cc2ccccc2)C(=O)NC(C)(C)C)c1. The number of carbonyl (C=O) groups is 2. The quantitative estimate of drug-likeness (QED) is 0.203. The molecule has 1 N–H and O–H groups in total. The van der Waals surface area contributed by atoms with Crippen LogP contribution in [0.4, 0.5) is 5.69 Å². The highest BCUT2D eigenvalue weighted by Gasteiger charge is 2.35. The van der Waals surface area contributed by atoms with Crippen LogP contribution in [0.25, 0.3) is 0 Å². The molecule has 0 aliphatic rings. The summed E-state index contributed by atoms with van der Waals surface area (Å²) in [5.41, 5.74) is 3.11. The van der Waals surface area contributed by atoms with Gasteiger partial charge in [0.2, 0.25) is 11.8 Å². The van der Waals surface area contributed by atoms with Crippen molar-refractivity contribution in [3.8, 4) is 5.75 Å². The van der Waals surface area contributed by atoms with Gasteiger partial charge < -0.3 is 15.0 Å². The smallest absolute Gasteiger partial charge is 0.264 e. The summed E-state index contributed by atoms with van der Waals surface area (Å²) in [5, 5.41) is 3.05. The predicted molar refractivity (Wildman–Crippen MR) is 182 cm³/mol. The monoisotopic (exact) mass is 641 g/mol. The number of nitrogens with zero attached hydrogens (tertiary/aromatic N) is 2. The second-order valence-corrected chi connectivity index (χ2v) is 14.4. The molecule has 46 heavy (non-hydrogen) atoms. The van der Waals surface area contributed by atoms with Crippen LogP contribution >= 0.6 is 0 Å². The molecule has 0 saturated carbocycles. The number of nitrogens with one attached hydrogen (secondary N) is 1. The minimum Gasteiger partial charge on any atom is -0.497 e. The number of methoxy groups -OCH3 is 1. The summed E-state index contributed by atoms with van der Waals surface area (Å²) < 4.78 is 35.0. The molecule has 0 bridgehead atoms. The molecule has 0 aromatic heterocycles. The van der Waals surface area contributed by atoms with E-state index in [1.54, 1.807) is 43.5 Å². The summed E-state index contributed by atoms with van der Waals surface area (Å²) in [4.78, 5) is 30.2. The van der Waals surface area contributed by atoms with Crippen molar-refractivity contribution in [3.05, 3.63) is 125 Å². The first kappa shape index (κ1) is 34.2. The molecule has 0 fully saturated rings. The van der Waals surface area contributed by atoms with Crippen molar-refractivity contribution in [2.45, 2.75) is 64.1 Å². The topological polar surface area (TPSA) is 96.0 Å². The van der Waals surface area contributed by atoms with Gasteiger partial charge in [0, 0.05) is 18.5 Å². The molecule has 0 saturated heterocycles. The maximum absolute atomic E-state index is 14.6. The summed E-state index contributed by atoms with van der Waals surface area (Å²) in [7, 11) is -2.61. The molecule has 8 nitrogen and oxygen atoms in total. The molecule has 1 atom stereocenters. The van der Waals surface area contributed by atoms with E-state index >= 15 is 0 Å². The molecule has 0 aliphatic heterocycles. The molecular weight excluding hydrogens is 598 g/mol. The Hall–Kier alpha value is -4.63. The normalized spacial score (nSPS) is 12.2. The standard InChI is InChI=1S/C37H43N3O5S/c1-27-20-28(2)22-31(21-27)40(46(43,44)33-18-11-8-12-19-33)26-35(41)39(25-30-16-13-17-32(23-30)45-6)34(36(42)38-37(3,4)5)24-29-14-9-7-10-15-29/h7-23,34H,24-26H2,1-6H3,(H,38,42)/t34-/m1/s1. The number of hydrogen-bond donors (Lipinski definition) is 1. The molecule has 0 unspecified atom stereocenters. The fraction of sp³-hybridized carbons (Fsp3) is 0.297. The summed E-state index contributed by atoms with van der Waals surface area (Å²) >= 11 is 0. The van der Waals surface area contributed by atoms with Crippen molar-refractivity contribution < 1.29 is 22.7 Å². The van der Waals surface area contributed by atoms with E-state index in [9.17, 15) is 18.0 Å². The van der Waals surface area contributed by atoms with Crippen LogP contribution in [0.15, 0.2) is 108 Å². The lowest BCUT2D eigenvalue weighted by Gasteiger charge is -2.35. The molecule has 0 heterocycles. The first-order chi connectivity index (χ1) is 21.8. The molecule has 2 amide bonds. The van der Waals surface area contributed by atoms with Gasteiger partial charge in [0.25, 0.3) is 10.0 Å². The van der Waals surface area contributed by atoms with E-state index in [4.69, 9.17) is 4.74 Å². The molecular formula is C37H43N3O5S. The van der Waals surface area contributed by atoms with Crippen LogP contribution in [-0.2, 0) is 32.6 Å². The van der Waals surface area contributed by atoms with Gasteiger partial charge in [-0.25, -0.2) is 8.42 Å². The van der Waals surface area contributed by atoms with E-state index in [1.165, 1.54) is 17.0 Å². The Kier molecular flexibility index (Phi) is 10.9. The number of hydrogen-bond acceptors (Lipinski definition) is 5. The van der Waals surface area contributed by atoms with E-state index in [1.807, 2.05) is 89.2 Å². The van der Waals surface area contributed by atoms with Gasteiger partial charge in [-0.3, -0.25) is 13.9 Å². The fourth-order valence-corrected chi connectivity index (χ4v) is 6.74. The van der Waals surface area contributed by atoms with Gasteiger partial charge in [0.15, 0.2) is 0 Å². The van der Waals surface area contributed by atoms with Crippen molar-refractivity contribution in [1.82, 2.24) is 10.2 Å². The Bertz CT molecular complexity index is 1730. The molecule has 242 valence electrons. The first-order valence-electron chi connectivity index (χ1n) is 15.2. The predicted octanol–water partition coefficient (Wildman–Crippen LogP) is 6.06. The number of benzene rings is 4. The molecule has 0 aliphatic carbocycles. The maximum Gasteiger partial charge on any atom is 0.264 e. The van der Waals surface area contributed by atoms with Crippen molar-refractivity contribution in [1.29, 1.82) is 0 Å². The largest absolute Gasteiger partial charge is 0.497 e. The van der Waals surface area contributed by atoms with Crippen LogP contribution in [0.5, 0.6) is 5.75 Å². The van der Waals surface area contributed by atoms with Gasteiger partial charge in [-0.2, -0.15) is 0 Å². The zero-order chi connectivity index (χ0) is 33.5. The van der Waals surface area contributed by atoms with E-state index < -0.39 is 34.1 Å². The number of anilines is 1. The van der Waals surface area contributed by atoms with E-state index in [2.05, 4.69) is 5.32 Å². The van der Waals surface area contributed by atoms with Crippen molar-refractivity contribution >= 4 is 27.5 Å². The van der Waals surface area contributed by atoms with Gasteiger partial charge in [-0.15, -0.1) is 0 Å².